The van der Waals surface area contributed by atoms with Crippen molar-refractivity contribution in [2.45, 2.75) is 13.0 Å². The van der Waals surface area contributed by atoms with Gasteiger partial charge in [0.25, 0.3) is 5.91 Å². The van der Waals surface area contributed by atoms with Crippen molar-refractivity contribution in [3.63, 3.8) is 0 Å². The molecule has 4 heteroatoms. The first-order valence-electron chi connectivity index (χ1n) is 8.50. The van der Waals surface area contributed by atoms with Gasteiger partial charge in [0.2, 0.25) is 0 Å². The molecule has 0 heterocycles. The Labute approximate surface area is 158 Å². The van der Waals surface area contributed by atoms with Crippen LogP contribution in [0.3, 0.4) is 0 Å². The molecule has 0 unspecified atom stereocenters. The number of hydrogen-bond acceptors (Lipinski definition) is 2. The van der Waals surface area contributed by atoms with E-state index in [-0.39, 0.29) is 5.91 Å². The number of benzene rings is 3. The summed E-state index contributed by atoms with van der Waals surface area (Å²) in [6.07, 6.45) is 0.757. The summed E-state index contributed by atoms with van der Waals surface area (Å²) in [6.45, 7) is 1.04. The van der Waals surface area contributed by atoms with Gasteiger partial charge in [-0.05, 0) is 47.9 Å². The molecule has 0 radical (unpaired) electrons. The summed E-state index contributed by atoms with van der Waals surface area (Å²) < 4.78 is 5.78. The smallest absolute Gasteiger partial charge is 0.251 e. The number of halogens is 1. The third-order valence-corrected chi connectivity index (χ3v) is 4.21. The molecule has 0 aromatic heterocycles. The van der Waals surface area contributed by atoms with Crippen molar-refractivity contribution in [2.75, 3.05) is 6.54 Å². The van der Waals surface area contributed by atoms with Crippen LogP contribution in [-0.4, -0.2) is 12.5 Å². The molecule has 0 bridgehead atoms. The zero-order valence-corrected chi connectivity index (χ0v) is 15.1. The third kappa shape index (κ3) is 5.36. The highest BCUT2D eigenvalue weighted by Crippen LogP contribution is 2.15. The first-order valence-corrected chi connectivity index (χ1v) is 8.88. The fraction of sp³-hybridized carbons (Fsp3) is 0.136. The monoisotopic (exact) mass is 365 g/mol. The molecule has 0 aliphatic heterocycles. The normalized spacial score (nSPS) is 10.3. The van der Waals surface area contributed by atoms with E-state index >= 15 is 0 Å². The molecule has 0 fully saturated rings. The second-order valence-corrected chi connectivity index (χ2v) is 6.37. The molecule has 3 rings (SSSR count). The van der Waals surface area contributed by atoms with Crippen LogP contribution < -0.4 is 10.1 Å². The highest BCUT2D eigenvalue weighted by molar-refractivity contribution is 6.30. The summed E-state index contributed by atoms with van der Waals surface area (Å²) in [5.74, 6) is 0.573. The maximum absolute atomic E-state index is 12.3. The SMILES string of the molecule is O=C(NCCc1ccc(Cl)cc1)c1cccc(OCc2ccccc2)c1. The minimum absolute atomic E-state index is 0.107. The van der Waals surface area contributed by atoms with Crippen LogP contribution in [-0.2, 0) is 13.0 Å². The first kappa shape index (κ1) is 18.0. The summed E-state index contributed by atoms with van der Waals surface area (Å²) in [7, 11) is 0. The quantitative estimate of drug-likeness (QED) is 0.647. The Balaban J connectivity index is 1.51. The van der Waals surface area contributed by atoms with E-state index in [4.69, 9.17) is 16.3 Å². The molecule has 1 N–H and O–H groups in total. The third-order valence-electron chi connectivity index (χ3n) is 3.96. The van der Waals surface area contributed by atoms with Gasteiger partial charge in [-0.1, -0.05) is 60.1 Å². The number of nitrogens with one attached hydrogen (secondary N) is 1. The molecule has 0 atom stereocenters. The zero-order chi connectivity index (χ0) is 18.2. The van der Waals surface area contributed by atoms with Gasteiger partial charge in [0.1, 0.15) is 12.4 Å². The van der Waals surface area contributed by atoms with Crippen molar-refractivity contribution < 1.29 is 9.53 Å². The molecular weight excluding hydrogens is 346 g/mol. The van der Waals surface area contributed by atoms with Gasteiger partial charge in [0.05, 0.1) is 0 Å². The summed E-state index contributed by atoms with van der Waals surface area (Å²) in [4.78, 5) is 12.3. The van der Waals surface area contributed by atoms with Gasteiger partial charge in [-0.15, -0.1) is 0 Å². The van der Waals surface area contributed by atoms with E-state index in [1.165, 1.54) is 0 Å². The highest BCUT2D eigenvalue weighted by Gasteiger charge is 2.06. The van der Waals surface area contributed by atoms with E-state index in [0.29, 0.717) is 29.5 Å². The van der Waals surface area contributed by atoms with E-state index in [1.54, 1.807) is 12.1 Å². The van der Waals surface area contributed by atoms with Crippen LogP contribution in [0, 0.1) is 0 Å². The van der Waals surface area contributed by atoms with Gasteiger partial charge in [-0.2, -0.15) is 0 Å². The Hall–Kier alpha value is -2.78. The zero-order valence-electron chi connectivity index (χ0n) is 14.3. The van der Waals surface area contributed by atoms with Crippen LogP contribution >= 0.6 is 11.6 Å². The summed E-state index contributed by atoms with van der Waals surface area (Å²) in [5, 5.41) is 3.65. The van der Waals surface area contributed by atoms with Gasteiger partial charge >= 0.3 is 0 Å². The first-order chi connectivity index (χ1) is 12.7. The number of rotatable bonds is 7. The number of amides is 1. The fourth-order valence-corrected chi connectivity index (χ4v) is 2.67. The molecule has 26 heavy (non-hydrogen) atoms. The molecule has 0 spiro atoms. The van der Waals surface area contributed by atoms with E-state index in [9.17, 15) is 4.79 Å². The number of carbonyl (C=O) groups is 1. The fourth-order valence-electron chi connectivity index (χ4n) is 2.54. The second-order valence-electron chi connectivity index (χ2n) is 5.93. The van der Waals surface area contributed by atoms with Crippen LogP contribution in [0.4, 0.5) is 0 Å². The molecule has 3 nitrogen and oxygen atoms in total. The van der Waals surface area contributed by atoms with E-state index < -0.39 is 0 Å². The Morgan fingerprint density at radius 3 is 2.42 bits per heavy atom. The minimum atomic E-state index is -0.107. The van der Waals surface area contributed by atoms with E-state index in [0.717, 1.165) is 17.5 Å². The van der Waals surface area contributed by atoms with Crippen LogP contribution in [0.5, 0.6) is 5.75 Å². The minimum Gasteiger partial charge on any atom is -0.489 e. The number of carbonyl (C=O) groups excluding carboxylic acids is 1. The summed E-state index contributed by atoms with van der Waals surface area (Å²) >= 11 is 5.87. The van der Waals surface area contributed by atoms with Gasteiger partial charge < -0.3 is 10.1 Å². The topological polar surface area (TPSA) is 38.3 Å². The lowest BCUT2D eigenvalue weighted by Gasteiger charge is -2.09. The van der Waals surface area contributed by atoms with Gasteiger partial charge in [0.15, 0.2) is 0 Å². The van der Waals surface area contributed by atoms with E-state index in [2.05, 4.69) is 5.32 Å². The van der Waals surface area contributed by atoms with Crippen LogP contribution in [0.25, 0.3) is 0 Å². The Morgan fingerprint density at radius 1 is 0.885 bits per heavy atom. The van der Waals surface area contributed by atoms with Crippen LogP contribution in [0.15, 0.2) is 78.9 Å². The van der Waals surface area contributed by atoms with Gasteiger partial charge in [-0.25, -0.2) is 0 Å². The predicted molar refractivity (Wildman–Crippen MR) is 105 cm³/mol. The molecule has 0 saturated carbocycles. The average molecular weight is 366 g/mol. The predicted octanol–water partition coefficient (Wildman–Crippen LogP) is 4.89. The van der Waals surface area contributed by atoms with Crippen LogP contribution in [0.1, 0.15) is 21.5 Å². The van der Waals surface area contributed by atoms with Crippen molar-refractivity contribution in [1.29, 1.82) is 0 Å². The Morgan fingerprint density at radius 2 is 1.65 bits per heavy atom. The van der Waals surface area contributed by atoms with Crippen LogP contribution in [0.2, 0.25) is 5.02 Å². The maximum atomic E-state index is 12.3. The molecule has 3 aromatic carbocycles. The second kappa shape index (κ2) is 9.07. The van der Waals surface area contributed by atoms with Gasteiger partial charge in [-0.3, -0.25) is 4.79 Å². The number of ether oxygens (including phenoxy) is 1. The van der Waals surface area contributed by atoms with Gasteiger partial charge in [0, 0.05) is 17.1 Å². The Kier molecular flexibility index (Phi) is 6.29. The maximum Gasteiger partial charge on any atom is 0.251 e. The van der Waals surface area contributed by atoms with E-state index in [1.807, 2.05) is 66.7 Å². The molecule has 132 valence electrons. The molecule has 0 saturated heterocycles. The largest absolute Gasteiger partial charge is 0.489 e. The van der Waals surface area contributed by atoms with Crippen molar-refractivity contribution in [3.8, 4) is 5.75 Å². The molecule has 0 aliphatic carbocycles. The highest BCUT2D eigenvalue weighted by atomic mass is 35.5. The molecular formula is C22H20ClNO2. The van der Waals surface area contributed by atoms with Crippen molar-refractivity contribution in [3.05, 3.63) is 101 Å². The van der Waals surface area contributed by atoms with Crippen molar-refractivity contribution in [2.24, 2.45) is 0 Å². The Bertz CT molecular complexity index is 848. The van der Waals surface area contributed by atoms with Crippen molar-refractivity contribution in [1.82, 2.24) is 5.32 Å². The standard InChI is InChI=1S/C22H20ClNO2/c23-20-11-9-17(10-12-20)13-14-24-22(25)19-7-4-8-21(15-19)26-16-18-5-2-1-3-6-18/h1-12,15H,13-14,16H2,(H,24,25). The number of hydrogen-bond donors (Lipinski definition) is 1. The molecule has 1 amide bonds. The average Bonchev–Trinajstić information content (AvgIpc) is 2.69. The van der Waals surface area contributed by atoms with Crippen molar-refractivity contribution >= 4 is 17.5 Å². The molecule has 0 aliphatic rings. The lowest BCUT2D eigenvalue weighted by Crippen LogP contribution is -2.25. The lowest BCUT2D eigenvalue weighted by atomic mass is 10.1. The lowest BCUT2D eigenvalue weighted by molar-refractivity contribution is 0.0953. The summed E-state index contributed by atoms with van der Waals surface area (Å²) in [5.41, 5.74) is 2.81. The molecule has 3 aromatic rings. The summed E-state index contributed by atoms with van der Waals surface area (Å²) in [6, 6.07) is 24.8.